The smallest absolute Gasteiger partial charge is 0.182 e. The Morgan fingerprint density at radius 1 is 0.544 bits per heavy atom. The van der Waals surface area contributed by atoms with Crippen molar-refractivity contribution in [1.82, 2.24) is 50.3 Å². The molecule has 0 radical (unpaired) electrons. The second-order valence-electron chi connectivity index (χ2n) is 18.6. The fourth-order valence-electron chi connectivity index (χ4n) is 9.68. The molecule has 0 spiro atoms. The van der Waals surface area contributed by atoms with Gasteiger partial charge in [0.2, 0.25) is 0 Å². The minimum absolute atomic E-state index is 0.541. The van der Waals surface area contributed by atoms with Crippen LogP contribution < -0.4 is 14.8 Å². The first kappa shape index (κ1) is 47.6. The highest BCUT2D eigenvalue weighted by Gasteiger charge is 2.30. The highest BCUT2D eigenvalue weighted by atomic mass is 35.5. The second kappa shape index (κ2) is 20.3. The van der Waals surface area contributed by atoms with Crippen molar-refractivity contribution in [2.75, 3.05) is 10.0 Å². The monoisotopic (exact) mass is 1080 g/mol. The van der Waals surface area contributed by atoms with Gasteiger partial charge in [0, 0.05) is 66.4 Å². The molecule has 0 unspecified atom stereocenters. The number of aromatic nitrogens is 10. The third-order valence-corrected chi connectivity index (χ3v) is 15.7. The first-order valence-electron chi connectivity index (χ1n) is 25.2. The molecule has 0 aliphatic rings. The lowest BCUT2D eigenvalue weighted by molar-refractivity contribution is 0.482. The zero-order chi connectivity index (χ0) is 52.8. The molecule has 16 heteroatoms. The summed E-state index contributed by atoms with van der Waals surface area (Å²) < 4.78 is 6.57. The van der Waals surface area contributed by atoms with Crippen LogP contribution in [0.3, 0.4) is 0 Å². The Balaban J connectivity index is 0.909. The van der Waals surface area contributed by atoms with Crippen LogP contribution in [0.15, 0.2) is 228 Å². The number of hydrazine groups is 1. The number of aromatic amines is 2. The Morgan fingerprint density at radius 2 is 1.19 bits per heavy atom. The van der Waals surface area contributed by atoms with Gasteiger partial charge in [-0.1, -0.05) is 114 Å². The molecule has 0 aliphatic heterocycles. The molecule has 0 amide bonds. The summed E-state index contributed by atoms with van der Waals surface area (Å²) in [6, 6.07) is 66.3. The Kier molecular flexibility index (Phi) is 12.2. The number of benzene rings is 7. The van der Waals surface area contributed by atoms with Gasteiger partial charge in [-0.3, -0.25) is 4.98 Å². The first-order valence-corrected chi connectivity index (χ1v) is 27.3. The predicted molar refractivity (Wildman–Crippen MR) is 318 cm³/mol. The van der Waals surface area contributed by atoms with E-state index in [0.717, 1.165) is 92.2 Å². The molecule has 7 aromatic heterocycles. The van der Waals surface area contributed by atoms with Crippen LogP contribution in [0.4, 0.5) is 23.0 Å². The van der Waals surface area contributed by atoms with Gasteiger partial charge >= 0.3 is 0 Å². The van der Waals surface area contributed by atoms with Gasteiger partial charge in [0.15, 0.2) is 23.3 Å². The zero-order valence-corrected chi connectivity index (χ0v) is 44.2. The standard InChI is InChI=1S/C63H41ClN12OS2/c1-38-34-56(78-37-38)59-48-12-4-6-14-50(48)63(74-72-59)76(43-24-28-46(29-25-43)79-57-31-33-66-60(70-57)55-35-40-10-2-7-15-51(40)67-55)75(62-49-13-5-3-11-47(49)58(71-73-62)39-18-20-41(64)21-19-39)42-22-26-44(27-23-42)77-45-30-32-65-54(36-45)61-68-52-16-8-9-17-53(52)69-61/h2-37,67H,1H3,(H,68,69). The van der Waals surface area contributed by atoms with Crippen molar-refractivity contribution in [3.8, 4) is 56.4 Å². The molecule has 7 heterocycles. The summed E-state index contributed by atoms with van der Waals surface area (Å²) in [7, 11) is 0. The van der Waals surface area contributed by atoms with E-state index in [4.69, 9.17) is 46.7 Å². The number of aryl methyl sites for hydroxylation is 1. The van der Waals surface area contributed by atoms with Crippen LogP contribution in [0, 0.1) is 6.92 Å². The van der Waals surface area contributed by atoms with Crippen molar-refractivity contribution < 1.29 is 4.74 Å². The number of nitrogens with zero attached hydrogens (tertiary/aromatic N) is 10. The first-order chi connectivity index (χ1) is 38.9. The summed E-state index contributed by atoms with van der Waals surface area (Å²) >= 11 is 9.60. The van der Waals surface area contributed by atoms with Gasteiger partial charge < -0.3 is 14.7 Å². The van der Waals surface area contributed by atoms with Crippen LogP contribution in [0.25, 0.3) is 88.3 Å². The number of halogens is 1. The number of imidazole rings is 1. The van der Waals surface area contributed by atoms with E-state index in [0.29, 0.717) is 51.2 Å². The maximum absolute atomic E-state index is 6.57. The lowest BCUT2D eigenvalue weighted by Crippen LogP contribution is -2.37. The van der Waals surface area contributed by atoms with Crippen molar-refractivity contribution >= 4 is 101 Å². The van der Waals surface area contributed by atoms with Gasteiger partial charge in [0.1, 0.15) is 33.6 Å². The molecule has 14 aromatic rings. The normalized spacial score (nSPS) is 11.5. The van der Waals surface area contributed by atoms with E-state index < -0.39 is 0 Å². The van der Waals surface area contributed by atoms with Crippen LogP contribution in [-0.2, 0) is 0 Å². The number of hydrogen-bond donors (Lipinski definition) is 2. The van der Waals surface area contributed by atoms with Gasteiger partial charge in [-0.05, 0) is 121 Å². The van der Waals surface area contributed by atoms with E-state index in [2.05, 4.69) is 115 Å². The molecule has 0 bridgehead atoms. The molecular weight excluding hydrogens is 1040 g/mol. The van der Waals surface area contributed by atoms with E-state index in [-0.39, 0.29) is 0 Å². The number of thiophene rings is 1. The number of nitrogens with one attached hydrogen (secondary N) is 2. The molecule has 7 aromatic carbocycles. The fourth-order valence-corrected chi connectivity index (χ4v) is 11.5. The summed E-state index contributed by atoms with van der Waals surface area (Å²) in [6.45, 7) is 2.09. The Bertz CT molecular complexity index is 4500. The highest BCUT2D eigenvalue weighted by molar-refractivity contribution is 7.99. The lowest BCUT2D eigenvalue weighted by Gasteiger charge is -2.37. The Hall–Kier alpha value is -9.80. The summed E-state index contributed by atoms with van der Waals surface area (Å²) in [4.78, 5) is 27.8. The van der Waals surface area contributed by atoms with Crippen LogP contribution in [-0.4, -0.2) is 50.3 Å². The number of fused-ring (bicyclic) bond motifs is 4. The molecule has 0 saturated carbocycles. The molecule has 0 atom stereocenters. The largest absolute Gasteiger partial charge is 0.457 e. The SMILES string of the molecule is Cc1csc(-c2nnc(N(c3ccc(Sc4ccnc(-c5cc6ccccc6[nH]5)n4)cc3)N(c3ccc(Oc4ccnc(-c5nc6ccccc6[nH]5)c4)cc3)c3nnc(-c4ccc(Cl)cc4)c4ccccc34)c3ccccc23)c1. The average molecular weight is 1080 g/mol. The number of hydrogen-bond acceptors (Lipinski definition) is 13. The molecule has 378 valence electrons. The summed E-state index contributed by atoms with van der Waals surface area (Å²) in [6.07, 6.45) is 3.52. The van der Waals surface area contributed by atoms with E-state index in [1.807, 2.05) is 127 Å². The quantitative estimate of drug-likeness (QED) is 0.0835. The van der Waals surface area contributed by atoms with Crippen molar-refractivity contribution in [3.05, 3.63) is 229 Å². The molecule has 0 fully saturated rings. The van der Waals surface area contributed by atoms with Crippen LogP contribution in [0.2, 0.25) is 5.02 Å². The molecule has 79 heavy (non-hydrogen) atoms. The van der Waals surface area contributed by atoms with Crippen LogP contribution in [0.1, 0.15) is 5.56 Å². The Labute approximate surface area is 465 Å². The number of anilines is 4. The molecule has 13 nitrogen and oxygen atoms in total. The third-order valence-electron chi connectivity index (χ3n) is 13.4. The topological polar surface area (TPSA) is 150 Å². The highest BCUT2D eigenvalue weighted by Crippen LogP contribution is 2.44. The maximum atomic E-state index is 6.57. The van der Waals surface area contributed by atoms with Gasteiger partial charge in [-0.2, -0.15) is 0 Å². The molecule has 14 rings (SSSR count). The zero-order valence-electron chi connectivity index (χ0n) is 41.9. The molecule has 0 saturated heterocycles. The Morgan fingerprint density at radius 3 is 1.90 bits per heavy atom. The van der Waals surface area contributed by atoms with Crippen molar-refractivity contribution in [2.45, 2.75) is 16.8 Å². The van der Waals surface area contributed by atoms with Crippen molar-refractivity contribution in [1.29, 1.82) is 0 Å². The predicted octanol–water partition coefficient (Wildman–Crippen LogP) is 16.6. The number of pyridine rings is 1. The second-order valence-corrected chi connectivity index (χ2v) is 21.1. The van der Waals surface area contributed by atoms with Gasteiger partial charge in [0.25, 0.3) is 0 Å². The minimum atomic E-state index is 0.541. The minimum Gasteiger partial charge on any atom is -0.457 e. The average Bonchev–Trinajstić information content (AvgIpc) is 4.29. The number of para-hydroxylation sites is 3. The summed E-state index contributed by atoms with van der Waals surface area (Å²) in [5.74, 6) is 3.58. The summed E-state index contributed by atoms with van der Waals surface area (Å²) in [5, 5.41) is 32.7. The van der Waals surface area contributed by atoms with E-state index in [1.54, 1.807) is 35.5 Å². The lowest BCUT2D eigenvalue weighted by atomic mass is 10.0. The van der Waals surface area contributed by atoms with Gasteiger partial charge in [0.05, 0.1) is 33.0 Å². The van der Waals surface area contributed by atoms with Crippen LogP contribution >= 0.6 is 34.7 Å². The molecule has 2 N–H and O–H groups in total. The van der Waals surface area contributed by atoms with Gasteiger partial charge in [-0.15, -0.1) is 31.7 Å². The van der Waals surface area contributed by atoms with Gasteiger partial charge in [-0.25, -0.2) is 25.0 Å². The van der Waals surface area contributed by atoms with Crippen LogP contribution in [0.5, 0.6) is 11.5 Å². The number of rotatable bonds is 13. The molecular formula is C63H41ClN12OS2. The van der Waals surface area contributed by atoms with E-state index in [9.17, 15) is 0 Å². The molecule has 0 aliphatic carbocycles. The summed E-state index contributed by atoms with van der Waals surface area (Å²) in [5.41, 5.74) is 9.38. The third kappa shape index (κ3) is 9.31. The van der Waals surface area contributed by atoms with Crippen molar-refractivity contribution in [3.63, 3.8) is 0 Å². The number of ether oxygens (including phenoxy) is 1. The van der Waals surface area contributed by atoms with E-state index >= 15 is 0 Å². The van der Waals surface area contributed by atoms with E-state index in [1.165, 1.54) is 0 Å². The number of H-pyrrole nitrogens is 2. The van der Waals surface area contributed by atoms with Crippen molar-refractivity contribution in [2.24, 2.45) is 0 Å². The maximum Gasteiger partial charge on any atom is 0.182 e. The fraction of sp³-hybridized carbons (Fsp3) is 0.0159.